The number of aliphatic hydroxyl groups is 3. The lowest BCUT2D eigenvalue weighted by atomic mass is 9.96. The predicted molar refractivity (Wildman–Crippen MR) is 298 cm³/mol. The number of aliphatic carboxylic acids is 3. The molecule has 13 atom stereocenters. The molecule has 31 nitrogen and oxygen atoms in total. The van der Waals surface area contributed by atoms with E-state index in [1.807, 2.05) is 0 Å². The second-order valence-corrected chi connectivity index (χ2v) is 20.2. The standard InChI is InChI=1S/C54H79N11O20/c1-7-26(3)42(51(81)57-28(5)54(84)85)65-50(80)38(25-67)61-46(76)34(21-31-14-16-32(69)17-15-31)58-47(77)36(22-41(73)74)59-49(79)37(24-66)62-52(82)43(27(4)8-2)64-48(78)35(20-30-12-10-9-11-13-30)60-53(83)44(29(6)68)63-39(70)23-56-45(75)33(55)18-19-40(71)72/h9-17,26-29,33-38,42-44,66-69H,7-8,18-25,55H2,1-6H3,(H,56,75)(H,57,81)(H,58,77)(H,59,79)(H,60,83)(H,61,76)(H,62,82)(H,63,70)(H,64,78)(H,65,80)(H,71,72)(H,73,74)(H,84,85)/t26-,27-,28-,29+,33-,34-,35-,36-,37-,38-,42-,43-,44-/m0/s1. The Morgan fingerprint density at radius 3 is 1.36 bits per heavy atom. The van der Waals surface area contributed by atoms with Crippen LogP contribution in [0.25, 0.3) is 0 Å². The third-order valence-corrected chi connectivity index (χ3v) is 13.4. The van der Waals surface area contributed by atoms with Gasteiger partial charge in [-0.2, -0.15) is 0 Å². The summed E-state index contributed by atoms with van der Waals surface area (Å²) in [7, 11) is 0. The number of hydrogen-bond donors (Lipinski definition) is 18. The number of nitrogens with two attached hydrogens (primary N) is 1. The zero-order valence-corrected chi connectivity index (χ0v) is 47.8. The summed E-state index contributed by atoms with van der Waals surface area (Å²) in [6.07, 6.45) is -3.63. The van der Waals surface area contributed by atoms with Crippen LogP contribution in [0.2, 0.25) is 0 Å². The summed E-state index contributed by atoms with van der Waals surface area (Å²) in [4.78, 5) is 170. The van der Waals surface area contributed by atoms with Crippen molar-refractivity contribution in [3.05, 3.63) is 65.7 Å². The molecular weight excluding hydrogens is 1120 g/mol. The van der Waals surface area contributed by atoms with Crippen molar-refractivity contribution in [2.75, 3.05) is 19.8 Å². The Morgan fingerprint density at radius 2 is 0.894 bits per heavy atom. The van der Waals surface area contributed by atoms with Crippen molar-refractivity contribution < 1.29 is 98.1 Å². The fourth-order valence-corrected chi connectivity index (χ4v) is 7.86. The summed E-state index contributed by atoms with van der Waals surface area (Å²) < 4.78 is 0. The Labute approximate surface area is 488 Å². The van der Waals surface area contributed by atoms with E-state index in [0.29, 0.717) is 12.0 Å². The minimum Gasteiger partial charge on any atom is -0.508 e. The fraction of sp³-hybridized carbons (Fsp3) is 0.537. The normalized spacial score (nSPS) is 15.6. The molecule has 0 bridgehead atoms. The van der Waals surface area contributed by atoms with E-state index in [9.17, 15) is 93.0 Å². The zero-order chi connectivity index (χ0) is 64.2. The smallest absolute Gasteiger partial charge is 0.325 e. The van der Waals surface area contributed by atoms with Gasteiger partial charge in [0.2, 0.25) is 59.1 Å². The number of carboxylic acids is 3. The Bertz CT molecular complexity index is 2650. The molecule has 31 heteroatoms. The number of phenolic OH excluding ortho intramolecular Hbond substituents is 1. The molecule has 0 unspecified atom stereocenters. The van der Waals surface area contributed by atoms with E-state index in [4.69, 9.17) is 10.8 Å². The molecule has 2 aromatic carbocycles. The van der Waals surface area contributed by atoms with Crippen molar-refractivity contribution in [1.82, 2.24) is 53.2 Å². The highest BCUT2D eigenvalue weighted by molar-refractivity contribution is 5.99. The van der Waals surface area contributed by atoms with Crippen LogP contribution in [0.4, 0.5) is 0 Å². The van der Waals surface area contributed by atoms with Gasteiger partial charge in [-0.15, -0.1) is 0 Å². The van der Waals surface area contributed by atoms with Gasteiger partial charge in [0.15, 0.2) is 0 Å². The van der Waals surface area contributed by atoms with E-state index in [1.54, 1.807) is 51.1 Å². The number of amides is 10. The highest BCUT2D eigenvalue weighted by atomic mass is 16.4. The highest BCUT2D eigenvalue weighted by Crippen LogP contribution is 2.15. The van der Waals surface area contributed by atoms with Crippen LogP contribution in [-0.2, 0) is 75.2 Å². The van der Waals surface area contributed by atoms with Gasteiger partial charge in [-0.1, -0.05) is 83.0 Å². The fourth-order valence-electron chi connectivity index (χ4n) is 7.86. The van der Waals surface area contributed by atoms with E-state index in [1.165, 1.54) is 38.1 Å². The monoisotopic (exact) mass is 1200 g/mol. The van der Waals surface area contributed by atoms with E-state index in [0.717, 1.165) is 6.92 Å². The topological polar surface area (TPSA) is 510 Å². The highest BCUT2D eigenvalue weighted by Gasteiger charge is 2.38. The van der Waals surface area contributed by atoms with Crippen molar-refractivity contribution in [3.63, 3.8) is 0 Å². The van der Waals surface area contributed by atoms with Crippen LogP contribution in [0.1, 0.15) is 84.8 Å². The molecule has 470 valence electrons. The number of aliphatic hydroxyl groups excluding tert-OH is 3. The lowest BCUT2D eigenvalue weighted by Crippen LogP contribution is -2.62. The number of rotatable bonds is 37. The van der Waals surface area contributed by atoms with Gasteiger partial charge in [-0.25, -0.2) is 0 Å². The molecular formula is C54H79N11O20. The summed E-state index contributed by atoms with van der Waals surface area (Å²) in [5.41, 5.74) is 6.43. The number of nitrogens with one attached hydrogen (secondary N) is 10. The van der Waals surface area contributed by atoms with Crippen LogP contribution in [0.3, 0.4) is 0 Å². The molecule has 0 heterocycles. The number of aromatic hydroxyl groups is 1. The maximum absolute atomic E-state index is 14.2. The van der Waals surface area contributed by atoms with Gasteiger partial charge in [0.1, 0.15) is 60.1 Å². The van der Waals surface area contributed by atoms with Crippen molar-refractivity contribution in [2.24, 2.45) is 17.6 Å². The third-order valence-electron chi connectivity index (χ3n) is 13.4. The van der Waals surface area contributed by atoms with Crippen molar-refractivity contribution in [2.45, 2.75) is 153 Å². The van der Waals surface area contributed by atoms with Gasteiger partial charge in [-0.3, -0.25) is 62.3 Å². The van der Waals surface area contributed by atoms with Gasteiger partial charge in [0.05, 0.1) is 38.3 Å². The molecule has 2 rings (SSSR count). The molecule has 0 saturated heterocycles. The van der Waals surface area contributed by atoms with Crippen LogP contribution < -0.4 is 58.9 Å². The van der Waals surface area contributed by atoms with Crippen LogP contribution in [0.5, 0.6) is 5.75 Å². The average Bonchev–Trinajstić information content (AvgIpc) is 3.62. The lowest BCUT2D eigenvalue weighted by Gasteiger charge is -2.29. The molecule has 10 amide bonds. The van der Waals surface area contributed by atoms with Crippen LogP contribution in [0.15, 0.2) is 54.6 Å². The number of carboxylic acid groups (broad SMARTS) is 3. The second kappa shape index (κ2) is 36.0. The molecule has 0 aliphatic rings. The SMILES string of the molecule is CC[C@H](C)[C@H](NC(=O)[C@H](CO)NC(=O)[C@H](Cc1ccc(O)cc1)NC(=O)[C@H](CC(=O)O)NC(=O)[C@H](CO)NC(=O)[C@@H](NC(=O)[C@H](Cc1ccccc1)NC(=O)[C@@H](NC(=O)CNC(=O)[C@@H](N)CCC(=O)O)[C@@H](C)O)[C@@H](C)CC)C(=O)N[C@@H](C)C(=O)O. The van der Waals surface area contributed by atoms with Gasteiger partial charge in [0.25, 0.3) is 0 Å². The van der Waals surface area contributed by atoms with Crippen molar-refractivity contribution >= 4 is 77.0 Å². The number of benzene rings is 2. The maximum Gasteiger partial charge on any atom is 0.325 e. The van der Waals surface area contributed by atoms with Crippen LogP contribution in [-0.4, -0.2) is 199 Å². The van der Waals surface area contributed by atoms with E-state index < -0.39 is 194 Å². The maximum atomic E-state index is 14.2. The van der Waals surface area contributed by atoms with Crippen molar-refractivity contribution in [3.8, 4) is 5.75 Å². The van der Waals surface area contributed by atoms with Crippen LogP contribution in [0, 0.1) is 11.8 Å². The van der Waals surface area contributed by atoms with Gasteiger partial charge >= 0.3 is 17.9 Å². The summed E-state index contributed by atoms with van der Waals surface area (Å²) in [5.74, 6) is -16.7. The number of phenols is 1. The molecule has 0 fully saturated rings. The largest absolute Gasteiger partial charge is 0.508 e. The minimum atomic E-state index is -2.07. The summed E-state index contributed by atoms with van der Waals surface area (Å²) in [6.45, 7) is 5.73. The van der Waals surface area contributed by atoms with E-state index in [-0.39, 0.29) is 30.6 Å². The Kier molecular flexibility index (Phi) is 30.6. The lowest BCUT2D eigenvalue weighted by molar-refractivity contribution is -0.142. The predicted octanol–water partition coefficient (Wildman–Crippen LogP) is -5.11. The second-order valence-electron chi connectivity index (χ2n) is 20.2. The quantitative estimate of drug-likeness (QED) is 0.0301. The average molecular weight is 1200 g/mol. The third kappa shape index (κ3) is 24.9. The molecule has 85 heavy (non-hydrogen) atoms. The van der Waals surface area contributed by atoms with E-state index in [2.05, 4.69) is 53.2 Å². The molecule has 0 saturated carbocycles. The molecule has 0 aromatic heterocycles. The Morgan fingerprint density at radius 1 is 0.482 bits per heavy atom. The Balaban J connectivity index is 2.41. The van der Waals surface area contributed by atoms with Gasteiger partial charge in [-0.05, 0) is 55.4 Å². The molecule has 0 aliphatic heterocycles. The van der Waals surface area contributed by atoms with Crippen LogP contribution >= 0.6 is 0 Å². The molecule has 0 radical (unpaired) electrons. The summed E-state index contributed by atoms with van der Waals surface area (Å²) in [5, 5.41) is 92.2. The first-order chi connectivity index (χ1) is 40.0. The zero-order valence-electron chi connectivity index (χ0n) is 47.8. The molecule has 19 N–H and O–H groups in total. The summed E-state index contributed by atoms with van der Waals surface area (Å²) in [6, 6.07) is -3.14. The van der Waals surface area contributed by atoms with Crippen molar-refractivity contribution in [1.29, 1.82) is 0 Å². The molecule has 0 aliphatic carbocycles. The first-order valence-electron chi connectivity index (χ1n) is 27.1. The number of carbonyl (C=O) groups excluding carboxylic acids is 10. The van der Waals surface area contributed by atoms with Gasteiger partial charge in [0, 0.05) is 19.3 Å². The van der Waals surface area contributed by atoms with E-state index >= 15 is 0 Å². The first kappa shape index (κ1) is 72.3. The minimum absolute atomic E-state index is 0.189. The van der Waals surface area contributed by atoms with Gasteiger partial charge < -0.3 is 94.6 Å². The summed E-state index contributed by atoms with van der Waals surface area (Å²) >= 11 is 0. The number of carbonyl (C=O) groups is 13. The molecule has 0 spiro atoms. The number of hydrogen-bond acceptors (Lipinski definition) is 18. The first-order valence-corrected chi connectivity index (χ1v) is 27.1. The Hall–Kier alpha value is -8.81. The molecule has 2 aromatic rings.